The van der Waals surface area contributed by atoms with Crippen molar-refractivity contribution in [2.45, 2.75) is 32.6 Å². The molecule has 0 bridgehead atoms. The predicted octanol–water partition coefficient (Wildman–Crippen LogP) is 6.60. The Kier molecular flexibility index (Phi) is 10.5. The van der Waals surface area contributed by atoms with Crippen LogP contribution in [0.15, 0.2) is 88.0 Å². The Balaban J connectivity index is 0.00000163. The van der Waals surface area contributed by atoms with Gasteiger partial charge in [0.25, 0.3) is 5.91 Å². The van der Waals surface area contributed by atoms with E-state index in [1.165, 1.54) is 11.9 Å². The molecule has 5 heteroatoms. The molecule has 0 aliphatic heterocycles. The fourth-order valence-electron chi connectivity index (χ4n) is 1.98. The Morgan fingerprint density at radius 2 is 1.81 bits per heavy atom. The third-order valence-electron chi connectivity index (χ3n) is 3.04. The number of benzene rings is 1. The van der Waals surface area contributed by atoms with Crippen LogP contribution in [0.1, 0.15) is 38.2 Å². The zero-order valence-corrected chi connectivity index (χ0v) is 18.0. The Bertz CT molecular complexity index is 777. The lowest BCUT2D eigenvalue weighted by molar-refractivity contribution is 0.0961. The summed E-state index contributed by atoms with van der Waals surface area (Å²) >= 11 is 4.96. The summed E-state index contributed by atoms with van der Waals surface area (Å²) < 4.78 is 2.62. The lowest BCUT2D eigenvalue weighted by atomic mass is 10.3. The molecule has 1 aromatic heterocycles. The normalized spacial score (nSPS) is 11.5. The first-order valence-corrected chi connectivity index (χ1v) is 10.1. The van der Waals surface area contributed by atoms with Gasteiger partial charge in [0.1, 0.15) is 5.69 Å². The number of amides is 1. The van der Waals surface area contributed by atoms with Crippen LogP contribution in [-0.2, 0) is 0 Å². The lowest BCUT2D eigenvalue weighted by Crippen LogP contribution is -2.24. The monoisotopic (exact) mass is 432 g/mol. The molecule has 0 atom stereocenters. The maximum Gasteiger partial charge on any atom is 0.274 e. The minimum absolute atomic E-state index is 0.163. The molecule has 26 heavy (non-hydrogen) atoms. The zero-order valence-electron chi connectivity index (χ0n) is 15.6. The van der Waals surface area contributed by atoms with Gasteiger partial charge in [-0.25, -0.2) is 0 Å². The van der Waals surface area contributed by atoms with Crippen LogP contribution >= 0.6 is 27.9 Å². The number of allylic oxidation sites excluding steroid dienone is 5. The van der Waals surface area contributed by atoms with Crippen molar-refractivity contribution in [2.75, 3.05) is 0 Å². The molecule has 0 aliphatic carbocycles. The van der Waals surface area contributed by atoms with Crippen molar-refractivity contribution < 1.29 is 4.79 Å². The summed E-state index contributed by atoms with van der Waals surface area (Å²) in [5.41, 5.74) is 1.31. The SMILES string of the molecule is CC.C\C=C/C=C(\C=C/C)NC(=O)c1c(Br)ccn1Sc1ccccc1. The molecule has 0 spiro atoms. The highest BCUT2D eigenvalue weighted by molar-refractivity contribution is 9.10. The highest BCUT2D eigenvalue weighted by Crippen LogP contribution is 2.27. The largest absolute Gasteiger partial charge is 0.321 e. The molecule has 1 amide bonds. The quantitative estimate of drug-likeness (QED) is 0.521. The molecule has 0 fully saturated rings. The fourth-order valence-corrected chi connectivity index (χ4v) is 3.49. The first kappa shape index (κ1) is 22.1. The van der Waals surface area contributed by atoms with E-state index >= 15 is 0 Å². The summed E-state index contributed by atoms with van der Waals surface area (Å²) in [4.78, 5) is 13.8. The second kappa shape index (κ2) is 12.4. The number of hydrogen-bond donors (Lipinski definition) is 1. The number of halogens is 1. The van der Waals surface area contributed by atoms with E-state index < -0.39 is 0 Å². The van der Waals surface area contributed by atoms with Crippen molar-refractivity contribution in [1.29, 1.82) is 0 Å². The summed E-state index contributed by atoms with van der Waals surface area (Å²) in [6.45, 7) is 7.85. The molecular formula is C21H25BrN2OS. The van der Waals surface area contributed by atoms with Gasteiger partial charge in [0.05, 0.1) is 0 Å². The molecule has 138 valence electrons. The van der Waals surface area contributed by atoms with Gasteiger partial charge in [-0.1, -0.05) is 50.3 Å². The van der Waals surface area contributed by atoms with Crippen molar-refractivity contribution in [3.8, 4) is 0 Å². The van der Waals surface area contributed by atoms with Crippen LogP contribution in [-0.4, -0.2) is 9.88 Å². The van der Waals surface area contributed by atoms with Gasteiger partial charge < -0.3 is 5.32 Å². The number of carbonyl (C=O) groups is 1. The van der Waals surface area contributed by atoms with E-state index in [4.69, 9.17) is 0 Å². The Hall–Kier alpha value is -1.98. The molecule has 0 aliphatic rings. The molecule has 3 nitrogen and oxygen atoms in total. The summed E-state index contributed by atoms with van der Waals surface area (Å²) in [5, 5.41) is 2.94. The number of nitrogens with one attached hydrogen (secondary N) is 1. The second-order valence-corrected chi connectivity index (χ2v) is 6.75. The van der Waals surface area contributed by atoms with Gasteiger partial charge in [0.15, 0.2) is 0 Å². The lowest BCUT2D eigenvalue weighted by Gasteiger charge is -2.10. The minimum Gasteiger partial charge on any atom is -0.321 e. The van der Waals surface area contributed by atoms with Crippen LogP contribution in [0.2, 0.25) is 0 Å². The summed E-state index contributed by atoms with van der Waals surface area (Å²) in [6, 6.07) is 11.8. The predicted molar refractivity (Wildman–Crippen MR) is 116 cm³/mol. The summed E-state index contributed by atoms with van der Waals surface area (Å²) in [6.07, 6.45) is 11.3. The second-order valence-electron chi connectivity index (χ2n) is 4.84. The van der Waals surface area contributed by atoms with Gasteiger partial charge in [-0.05, 0) is 72.1 Å². The molecule has 0 radical (unpaired) electrons. The highest BCUT2D eigenvalue weighted by atomic mass is 79.9. The van der Waals surface area contributed by atoms with Crippen molar-refractivity contribution >= 4 is 33.8 Å². The maximum atomic E-state index is 12.7. The first-order chi connectivity index (χ1) is 12.7. The van der Waals surface area contributed by atoms with Crippen LogP contribution in [0, 0.1) is 0 Å². The van der Waals surface area contributed by atoms with E-state index in [1.54, 1.807) is 0 Å². The van der Waals surface area contributed by atoms with Crippen LogP contribution in [0.5, 0.6) is 0 Å². The molecule has 2 rings (SSSR count). The van der Waals surface area contributed by atoms with E-state index in [-0.39, 0.29) is 5.91 Å². The zero-order chi connectivity index (χ0) is 19.4. The highest BCUT2D eigenvalue weighted by Gasteiger charge is 2.17. The van der Waals surface area contributed by atoms with E-state index in [2.05, 4.69) is 21.2 Å². The van der Waals surface area contributed by atoms with Gasteiger partial charge in [0, 0.05) is 21.3 Å². The number of carbonyl (C=O) groups excluding carboxylic acids is 1. The smallest absolute Gasteiger partial charge is 0.274 e. The number of nitrogens with zero attached hydrogens (tertiary/aromatic N) is 1. The van der Waals surface area contributed by atoms with Gasteiger partial charge in [-0.3, -0.25) is 8.77 Å². The van der Waals surface area contributed by atoms with E-state index in [1.807, 2.05) is 105 Å². The van der Waals surface area contributed by atoms with Crippen molar-refractivity contribution in [2.24, 2.45) is 0 Å². The molecule has 1 aromatic carbocycles. The Labute approximate surface area is 169 Å². The number of rotatable bonds is 6. The molecule has 2 aromatic rings. The minimum atomic E-state index is -0.163. The first-order valence-electron chi connectivity index (χ1n) is 8.53. The average molecular weight is 433 g/mol. The van der Waals surface area contributed by atoms with Crippen molar-refractivity contribution in [3.63, 3.8) is 0 Å². The van der Waals surface area contributed by atoms with Gasteiger partial charge >= 0.3 is 0 Å². The maximum absolute atomic E-state index is 12.7. The number of aromatic nitrogens is 1. The van der Waals surface area contributed by atoms with Gasteiger partial charge in [0.2, 0.25) is 0 Å². The van der Waals surface area contributed by atoms with Crippen molar-refractivity contribution in [1.82, 2.24) is 9.29 Å². The third-order valence-corrected chi connectivity index (χ3v) is 4.66. The molecular weight excluding hydrogens is 408 g/mol. The molecule has 1 heterocycles. The molecule has 0 saturated carbocycles. The average Bonchev–Trinajstić information content (AvgIpc) is 3.02. The molecule has 1 N–H and O–H groups in total. The number of hydrogen-bond acceptors (Lipinski definition) is 2. The van der Waals surface area contributed by atoms with Crippen molar-refractivity contribution in [3.05, 3.63) is 88.8 Å². The fraction of sp³-hybridized carbons (Fsp3) is 0.190. The standard InChI is InChI=1S/C19H19BrN2OS.C2H6/c1-3-5-10-15(9-4-2)21-19(23)18-17(20)13-14-22(18)24-16-11-7-6-8-12-16;1-2/h3-14H,1-2H3,(H,21,23);1-2H3/b5-3-,9-4-,15-10+;. The molecule has 0 unspecified atom stereocenters. The van der Waals surface area contributed by atoms with Gasteiger partial charge in [-0.15, -0.1) is 0 Å². The summed E-state index contributed by atoms with van der Waals surface area (Å²) in [7, 11) is 0. The van der Waals surface area contributed by atoms with E-state index in [0.29, 0.717) is 5.69 Å². The van der Waals surface area contributed by atoms with Crippen LogP contribution in [0.3, 0.4) is 0 Å². The Morgan fingerprint density at radius 3 is 2.42 bits per heavy atom. The molecule has 0 saturated heterocycles. The van der Waals surface area contributed by atoms with Gasteiger partial charge in [-0.2, -0.15) is 0 Å². The van der Waals surface area contributed by atoms with Crippen LogP contribution in [0.25, 0.3) is 0 Å². The topological polar surface area (TPSA) is 34.0 Å². The van der Waals surface area contributed by atoms with Crippen LogP contribution in [0.4, 0.5) is 0 Å². The van der Waals surface area contributed by atoms with Crippen LogP contribution < -0.4 is 5.32 Å². The van der Waals surface area contributed by atoms with E-state index in [0.717, 1.165) is 15.1 Å². The Morgan fingerprint density at radius 1 is 1.12 bits per heavy atom. The third kappa shape index (κ3) is 6.73. The summed E-state index contributed by atoms with van der Waals surface area (Å²) in [5.74, 6) is -0.163. The van der Waals surface area contributed by atoms with E-state index in [9.17, 15) is 4.79 Å².